The third-order valence-corrected chi connectivity index (χ3v) is 1.64. The molecule has 0 aliphatic carbocycles. The first-order valence-electron chi connectivity index (χ1n) is 4.51. The number of hydrogen-bond donors (Lipinski definition) is 1. The number of amides is 1. The van der Waals surface area contributed by atoms with Gasteiger partial charge >= 0.3 is 0 Å². The van der Waals surface area contributed by atoms with Crippen LogP contribution >= 0.6 is 0 Å². The Morgan fingerprint density at radius 2 is 2.43 bits per heavy atom. The molecular weight excluding hydrogens is 182 g/mol. The van der Waals surface area contributed by atoms with Crippen molar-refractivity contribution in [3.05, 3.63) is 18.0 Å². The van der Waals surface area contributed by atoms with Gasteiger partial charge in [0, 0.05) is 13.2 Å². The standard InChI is InChI=1S/C9H15N3O2/c1-7(2)6-14-11-9(13)8-4-5-10-12(8)3/h4-5,7H,6H2,1-3H3,(H,11,13). The number of rotatable bonds is 4. The lowest BCUT2D eigenvalue weighted by Crippen LogP contribution is -2.27. The van der Waals surface area contributed by atoms with Crippen LogP contribution in [0.15, 0.2) is 12.3 Å². The number of hydrogen-bond acceptors (Lipinski definition) is 3. The van der Waals surface area contributed by atoms with Gasteiger partial charge in [0.15, 0.2) is 0 Å². The average molecular weight is 197 g/mol. The topological polar surface area (TPSA) is 56.1 Å². The Kier molecular flexibility index (Phi) is 3.64. The zero-order valence-corrected chi connectivity index (χ0v) is 8.65. The quantitative estimate of drug-likeness (QED) is 0.724. The summed E-state index contributed by atoms with van der Waals surface area (Å²) in [6, 6.07) is 1.63. The van der Waals surface area contributed by atoms with Crippen molar-refractivity contribution < 1.29 is 9.63 Å². The van der Waals surface area contributed by atoms with E-state index in [1.807, 2.05) is 13.8 Å². The summed E-state index contributed by atoms with van der Waals surface area (Å²) in [5.74, 6) is 0.118. The number of carbonyl (C=O) groups excluding carboxylic acids is 1. The summed E-state index contributed by atoms with van der Waals surface area (Å²) < 4.78 is 1.49. The molecule has 14 heavy (non-hydrogen) atoms. The van der Waals surface area contributed by atoms with Gasteiger partial charge in [0.05, 0.1) is 6.61 Å². The maximum atomic E-state index is 11.4. The molecule has 0 saturated heterocycles. The molecule has 0 aliphatic heterocycles. The van der Waals surface area contributed by atoms with Crippen LogP contribution in [0.3, 0.4) is 0 Å². The minimum Gasteiger partial charge on any atom is -0.273 e. The molecule has 5 heteroatoms. The Morgan fingerprint density at radius 3 is 2.93 bits per heavy atom. The van der Waals surface area contributed by atoms with Crippen molar-refractivity contribution in [1.29, 1.82) is 0 Å². The molecule has 0 aromatic carbocycles. The summed E-state index contributed by atoms with van der Waals surface area (Å²) in [7, 11) is 1.71. The lowest BCUT2D eigenvalue weighted by atomic mass is 10.2. The Balaban J connectivity index is 2.40. The van der Waals surface area contributed by atoms with Crippen LogP contribution in [0.2, 0.25) is 0 Å². The molecule has 78 valence electrons. The summed E-state index contributed by atoms with van der Waals surface area (Å²) >= 11 is 0. The molecule has 5 nitrogen and oxygen atoms in total. The van der Waals surface area contributed by atoms with Crippen LogP contribution < -0.4 is 5.48 Å². The van der Waals surface area contributed by atoms with Gasteiger partial charge in [-0.15, -0.1) is 0 Å². The Hall–Kier alpha value is -1.36. The van der Waals surface area contributed by atoms with E-state index in [0.717, 1.165) is 0 Å². The summed E-state index contributed by atoms with van der Waals surface area (Å²) in [4.78, 5) is 16.4. The van der Waals surface area contributed by atoms with Gasteiger partial charge in [-0.05, 0) is 12.0 Å². The van der Waals surface area contributed by atoms with Gasteiger partial charge in [-0.2, -0.15) is 5.10 Å². The molecule has 0 fully saturated rings. The summed E-state index contributed by atoms with van der Waals surface area (Å²) in [5.41, 5.74) is 2.84. The van der Waals surface area contributed by atoms with Crippen molar-refractivity contribution in [2.24, 2.45) is 13.0 Å². The minimum absolute atomic E-state index is 0.273. The molecule has 0 bridgehead atoms. The highest BCUT2D eigenvalue weighted by Gasteiger charge is 2.09. The number of aryl methyl sites for hydroxylation is 1. The van der Waals surface area contributed by atoms with Crippen molar-refractivity contribution in [2.45, 2.75) is 13.8 Å². The van der Waals surface area contributed by atoms with Crippen molar-refractivity contribution in [3.8, 4) is 0 Å². The highest BCUT2D eigenvalue weighted by atomic mass is 16.6. The van der Waals surface area contributed by atoms with Crippen molar-refractivity contribution in [3.63, 3.8) is 0 Å². The third-order valence-electron chi connectivity index (χ3n) is 1.64. The average Bonchev–Trinajstić information content (AvgIpc) is 2.50. The van der Waals surface area contributed by atoms with E-state index >= 15 is 0 Å². The van der Waals surface area contributed by atoms with Crippen molar-refractivity contribution in [2.75, 3.05) is 6.61 Å². The van der Waals surface area contributed by atoms with Crippen LogP contribution in [-0.2, 0) is 11.9 Å². The third kappa shape index (κ3) is 2.85. The molecule has 1 aromatic rings. The highest BCUT2D eigenvalue weighted by molar-refractivity contribution is 5.91. The summed E-state index contributed by atoms with van der Waals surface area (Å²) in [6.45, 7) is 4.52. The van der Waals surface area contributed by atoms with Gasteiger partial charge in [0.1, 0.15) is 5.69 Å². The van der Waals surface area contributed by atoms with Crippen LogP contribution in [0.4, 0.5) is 0 Å². The normalized spacial score (nSPS) is 10.6. The van der Waals surface area contributed by atoms with Crippen molar-refractivity contribution >= 4 is 5.91 Å². The van der Waals surface area contributed by atoms with E-state index in [0.29, 0.717) is 18.2 Å². The van der Waals surface area contributed by atoms with E-state index in [1.165, 1.54) is 4.68 Å². The van der Waals surface area contributed by atoms with E-state index in [1.54, 1.807) is 19.3 Å². The first kappa shape index (κ1) is 10.7. The molecule has 1 heterocycles. The number of aromatic nitrogens is 2. The number of nitrogens with one attached hydrogen (secondary N) is 1. The predicted molar refractivity (Wildman–Crippen MR) is 51.5 cm³/mol. The van der Waals surface area contributed by atoms with Crippen LogP contribution in [-0.4, -0.2) is 22.3 Å². The molecule has 0 unspecified atom stereocenters. The fraction of sp³-hybridized carbons (Fsp3) is 0.556. The molecule has 1 aromatic heterocycles. The van der Waals surface area contributed by atoms with E-state index < -0.39 is 0 Å². The first-order valence-corrected chi connectivity index (χ1v) is 4.51. The van der Waals surface area contributed by atoms with E-state index in [9.17, 15) is 4.79 Å². The molecule has 0 radical (unpaired) electrons. The van der Waals surface area contributed by atoms with Crippen LogP contribution in [0.25, 0.3) is 0 Å². The second-order valence-corrected chi connectivity index (χ2v) is 3.48. The zero-order chi connectivity index (χ0) is 10.6. The van der Waals surface area contributed by atoms with Gasteiger partial charge in [-0.3, -0.25) is 14.3 Å². The van der Waals surface area contributed by atoms with Gasteiger partial charge in [-0.1, -0.05) is 13.8 Å². The van der Waals surface area contributed by atoms with Gasteiger partial charge < -0.3 is 0 Å². The van der Waals surface area contributed by atoms with Crippen LogP contribution in [0.1, 0.15) is 24.3 Å². The van der Waals surface area contributed by atoms with Gasteiger partial charge in [-0.25, -0.2) is 5.48 Å². The molecule has 0 saturated carbocycles. The fourth-order valence-corrected chi connectivity index (χ4v) is 0.923. The molecule has 0 spiro atoms. The van der Waals surface area contributed by atoms with Gasteiger partial charge in [0.2, 0.25) is 0 Å². The highest BCUT2D eigenvalue weighted by Crippen LogP contribution is 1.96. The zero-order valence-electron chi connectivity index (χ0n) is 8.65. The molecule has 0 aliphatic rings. The SMILES string of the molecule is CC(C)CONC(=O)c1ccnn1C. The van der Waals surface area contributed by atoms with E-state index in [2.05, 4.69) is 10.6 Å². The molecule has 1 amide bonds. The minimum atomic E-state index is -0.273. The molecule has 0 atom stereocenters. The fourth-order valence-electron chi connectivity index (χ4n) is 0.923. The second kappa shape index (κ2) is 4.76. The van der Waals surface area contributed by atoms with Crippen LogP contribution in [0, 0.1) is 5.92 Å². The Morgan fingerprint density at radius 1 is 1.71 bits per heavy atom. The summed E-state index contributed by atoms with van der Waals surface area (Å²) in [6.07, 6.45) is 1.57. The summed E-state index contributed by atoms with van der Waals surface area (Å²) in [5, 5.41) is 3.88. The lowest BCUT2D eigenvalue weighted by Gasteiger charge is -2.07. The molecule has 1 N–H and O–H groups in total. The molecule has 1 rings (SSSR count). The molecular formula is C9H15N3O2. The van der Waals surface area contributed by atoms with Crippen LogP contribution in [0.5, 0.6) is 0 Å². The van der Waals surface area contributed by atoms with Gasteiger partial charge in [0.25, 0.3) is 5.91 Å². The number of nitrogens with zero attached hydrogens (tertiary/aromatic N) is 2. The van der Waals surface area contributed by atoms with E-state index in [4.69, 9.17) is 4.84 Å². The van der Waals surface area contributed by atoms with Crippen molar-refractivity contribution in [1.82, 2.24) is 15.3 Å². The number of hydroxylamine groups is 1. The smallest absolute Gasteiger partial charge is 0.273 e. The number of carbonyl (C=O) groups is 1. The second-order valence-electron chi connectivity index (χ2n) is 3.48. The largest absolute Gasteiger partial charge is 0.293 e. The lowest BCUT2D eigenvalue weighted by molar-refractivity contribution is 0.0201. The maximum Gasteiger partial charge on any atom is 0.293 e. The first-order chi connectivity index (χ1) is 6.61. The monoisotopic (exact) mass is 197 g/mol. The Labute approximate surface area is 83.0 Å². The Bertz CT molecular complexity index is 307. The predicted octanol–water partition coefficient (Wildman–Crippen LogP) is 0.737. The maximum absolute atomic E-state index is 11.4. The van der Waals surface area contributed by atoms with E-state index in [-0.39, 0.29) is 5.91 Å².